The number of nitrogens with two attached hydrogens (primary N) is 1. The molecule has 1 aliphatic rings. The third kappa shape index (κ3) is 2.92. The Labute approximate surface area is 89.2 Å². The van der Waals surface area contributed by atoms with Crippen LogP contribution in [0.15, 0.2) is 0 Å². The lowest BCUT2D eigenvalue weighted by Gasteiger charge is -2.25. The van der Waals surface area contributed by atoms with Crippen molar-refractivity contribution in [1.82, 2.24) is 4.90 Å². The highest BCUT2D eigenvalue weighted by atomic mass is 16.4. The molecule has 2 unspecified atom stereocenters. The maximum Gasteiger partial charge on any atom is 0.305 e. The summed E-state index contributed by atoms with van der Waals surface area (Å²) < 4.78 is 0. The van der Waals surface area contributed by atoms with E-state index < -0.39 is 5.97 Å². The first-order valence-electron chi connectivity index (χ1n) is 5.29. The standard InChI is InChI=1S/C10H18N2O3/c1-2-8(4-10(14)15)12-6-7(5-11)3-9(12)13/h7-8H,2-6,11H2,1H3,(H,14,15). The predicted octanol–water partition coefficient (Wildman–Crippen LogP) is 0.0469. The summed E-state index contributed by atoms with van der Waals surface area (Å²) in [5.74, 6) is -0.621. The van der Waals surface area contributed by atoms with Crippen LogP contribution in [0, 0.1) is 5.92 Å². The zero-order chi connectivity index (χ0) is 11.4. The highest BCUT2D eigenvalue weighted by molar-refractivity contribution is 5.80. The van der Waals surface area contributed by atoms with Crippen LogP contribution < -0.4 is 5.73 Å². The zero-order valence-electron chi connectivity index (χ0n) is 8.98. The third-order valence-corrected chi connectivity index (χ3v) is 2.89. The molecule has 0 aromatic rings. The molecule has 0 aromatic carbocycles. The average Bonchev–Trinajstić information content (AvgIpc) is 2.56. The summed E-state index contributed by atoms with van der Waals surface area (Å²) in [5.41, 5.74) is 5.51. The fourth-order valence-corrected chi connectivity index (χ4v) is 2.00. The number of carbonyl (C=O) groups is 2. The van der Waals surface area contributed by atoms with Gasteiger partial charge in [-0.2, -0.15) is 0 Å². The second-order valence-corrected chi connectivity index (χ2v) is 4.01. The van der Waals surface area contributed by atoms with Crippen LogP contribution in [0.1, 0.15) is 26.2 Å². The van der Waals surface area contributed by atoms with Gasteiger partial charge in [-0.25, -0.2) is 0 Å². The summed E-state index contributed by atoms with van der Waals surface area (Å²) in [4.78, 5) is 23.9. The van der Waals surface area contributed by atoms with Crippen molar-refractivity contribution in [2.45, 2.75) is 32.2 Å². The zero-order valence-corrected chi connectivity index (χ0v) is 8.98. The number of rotatable bonds is 5. The molecule has 15 heavy (non-hydrogen) atoms. The molecular weight excluding hydrogens is 196 g/mol. The summed E-state index contributed by atoms with van der Waals surface area (Å²) in [6.07, 6.45) is 1.17. The van der Waals surface area contributed by atoms with Crippen molar-refractivity contribution in [3.8, 4) is 0 Å². The molecule has 0 bridgehead atoms. The van der Waals surface area contributed by atoms with Crippen molar-refractivity contribution in [1.29, 1.82) is 0 Å². The van der Waals surface area contributed by atoms with Crippen molar-refractivity contribution in [2.24, 2.45) is 11.7 Å². The number of carbonyl (C=O) groups excluding carboxylic acids is 1. The van der Waals surface area contributed by atoms with E-state index in [1.54, 1.807) is 4.90 Å². The van der Waals surface area contributed by atoms with Gasteiger partial charge in [0.1, 0.15) is 0 Å². The molecule has 1 rings (SSSR count). The summed E-state index contributed by atoms with van der Waals surface area (Å²) in [6, 6.07) is -0.174. The van der Waals surface area contributed by atoms with Crippen molar-refractivity contribution in [2.75, 3.05) is 13.1 Å². The molecule has 5 heteroatoms. The highest BCUT2D eigenvalue weighted by Crippen LogP contribution is 2.22. The number of hydrogen-bond acceptors (Lipinski definition) is 3. The quantitative estimate of drug-likeness (QED) is 0.677. The molecule has 1 saturated heterocycles. The van der Waals surface area contributed by atoms with Gasteiger partial charge in [0.25, 0.3) is 0 Å². The van der Waals surface area contributed by atoms with Crippen LogP contribution in [0.4, 0.5) is 0 Å². The fourth-order valence-electron chi connectivity index (χ4n) is 2.00. The van der Waals surface area contributed by atoms with Crippen LogP contribution >= 0.6 is 0 Å². The first-order chi connectivity index (χ1) is 7.08. The summed E-state index contributed by atoms with van der Waals surface area (Å²) >= 11 is 0. The Morgan fingerprint density at radius 3 is 2.80 bits per heavy atom. The first kappa shape index (κ1) is 12.0. The van der Waals surface area contributed by atoms with Gasteiger partial charge in [0.05, 0.1) is 6.42 Å². The second kappa shape index (κ2) is 5.11. The number of carboxylic acids is 1. The summed E-state index contributed by atoms with van der Waals surface area (Å²) in [6.45, 7) is 3.00. The number of nitrogens with zero attached hydrogens (tertiary/aromatic N) is 1. The lowest BCUT2D eigenvalue weighted by atomic mass is 10.1. The van der Waals surface area contributed by atoms with Crippen molar-refractivity contribution >= 4 is 11.9 Å². The molecule has 1 aliphatic heterocycles. The lowest BCUT2D eigenvalue weighted by molar-refractivity contribution is -0.139. The maximum atomic E-state index is 11.6. The van der Waals surface area contributed by atoms with E-state index in [9.17, 15) is 9.59 Å². The molecule has 1 amide bonds. The predicted molar refractivity (Wildman–Crippen MR) is 55.2 cm³/mol. The molecule has 0 spiro atoms. The Morgan fingerprint density at radius 1 is 1.73 bits per heavy atom. The smallest absolute Gasteiger partial charge is 0.305 e. The molecule has 3 N–H and O–H groups in total. The van der Waals surface area contributed by atoms with Crippen molar-refractivity contribution < 1.29 is 14.7 Å². The van der Waals surface area contributed by atoms with Crippen molar-refractivity contribution in [3.63, 3.8) is 0 Å². The largest absolute Gasteiger partial charge is 0.481 e. The second-order valence-electron chi connectivity index (χ2n) is 4.01. The average molecular weight is 214 g/mol. The van der Waals surface area contributed by atoms with Gasteiger partial charge in [-0.3, -0.25) is 9.59 Å². The van der Waals surface area contributed by atoms with Crippen LogP contribution in [0.25, 0.3) is 0 Å². The van der Waals surface area contributed by atoms with Gasteiger partial charge in [0, 0.05) is 19.0 Å². The van der Waals surface area contributed by atoms with Crippen LogP contribution in [0.5, 0.6) is 0 Å². The summed E-state index contributed by atoms with van der Waals surface area (Å²) in [7, 11) is 0. The van der Waals surface area contributed by atoms with E-state index in [1.807, 2.05) is 6.92 Å². The monoisotopic (exact) mass is 214 g/mol. The van der Waals surface area contributed by atoms with E-state index in [0.29, 0.717) is 25.9 Å². The minimum Gasteiger partial charge on any atom is -0.481 e. The molecule has 2 atom stereocenters. The van der Waals surface area contributed by atoms with Gasteiger partial charge >= 0.3 is 5.97 Å². The number of aliphatic carboxylic acids is 1. The molecule has 86 valence electrons. The first-order valence-corrected chi connectivity index (χ1v) is 5.29. The van der Waals surface area contributed by atoms with E-state index in [4.69, 9.17) is 10.8 Å². The molecule has 5 nitrogen and oxygen atoms in total. The topological polar surface area (TPSA) is 83.6 Å². The maximum absolute atomic E-state index is 11.6. The van der Waals surface area contributed by atoms with Crippen molar-refractivity contribution in [3.05, 3.63) is 0 Å². The fraction of sp³-hybridized carbons (Fsp3) is 0.800. The van der Waals surface area contributed by atoms with Gasteiger partial charge in [0.15, 0.2) is 0 Å². The Hall–Kier alpha value is -1.10. The van der Waals surface area contributed by atoms with Gasteiger partial charge in [-0.15, -0.1) is 0 Å². The number of likely N-dealkylation sites (tertiary alicyclic amines) is 1. The Morgan fingerprint density at radius 2 is 2.40 bits per heavy atom. The summed E-state index contributed by atoms with van der Waals surface area (Å²) in [5, 5.41) is 8.72. The van der Waals surface area contributed by atoms with E-state index in [-0.39, 0.29) is 24.3 Å². The highest BCUT2D eigenvalue weighted by Gasteiger charge is 2.33. The van der Waals surface area contributed by atoms with Crippen LogP contribution in [0.2, 0.25) is 0 Å². The molecule has 1 fully saturated rings. The minimum atomic E-state index is -0.856. The molecular formula is C10H18N2O3. The minimum absolute atomic E-state index is 0.0273. The normalized spacial score (nSPS) is 23.2. The van der Waals surface area contributed by atoms with Gasteiger partial charge < -0.3 is 15.7 Å². The molecule has 0 radical (unpaired) electrons. The van der Waals surface area contributed by atoms with E-state index in [1.165, 1.54) is 0 Å². The van der Waals surface area contributed by atoms with Gasteiger partial charge in [-0.1, -0.05) is 6.92 Å². The molecule has 0 aliphatic carbocycles. The number of carboxylic acid groups (broad SMARTS) is 1. The third-order valence-electron chi connectivity index (χ3n) is 2.89. The Kier molecular flexibility index (Phi) is 4.08. The van der Waals surface area contributed by atoms with E-state index >= 15 is 0 Å². The van der Waals surface area contributed by atoms with Crippen LogP contribution in [-0.4, -0.2) is 41.0 Å². The lowest BCUT2D eigenvalue weighted by Crippen LogP contribution is -2.38. The molecule has 0 saturated carbocycles. The molecule has 0 aromatic heterocycles. The molecule has 1 heterocycles. The number of amides is 1. The van der Waals surface area contributed by atoms with E-state index in [2.05, 4.69) is 0 Å². The van der Waals surface area contributed by atoms with E-state index in [0.717, 1.165) is 0 Å². The van der Waals surface area contributed by atoms with Gasteiger partial charge in [0.2, 0.25) is 5.91 Å². The van der Waals surface area contributed by atoms with Crippen LogP contribution in [-0.2, 0) is 9.59 Å². The van der Waals surface area contributed by atoms with Crippen LogP contribution in [0.3, 0.4) is 0 Å². The van der Waals surface area contributed by atoms with Gasteiger partial charge in [-0.05, 0) is 18.9 Å². The Bertz CT molecular complexity index is 255. The Balaban J connectivity index is 2.60. The number of hydrogen-bond donors (Lipinski definition) is 2. The SMILES string of the molecule is CCC(CC(=O)O)N1CC(CN)CC1=O.